The van der Waals surface area contributed by atoms with Crippen molar-refractivity contribution in [1.82, 2.24) is 20.0 Å². The Hall–Kier alpha value is -0.870. The summed E-state index contributed by atoms with van der Waals surface area (Å²) in [5.74, 6) is 0.700. The Kier molecular flexibility index (Phi) is 4.99. The molecule has 1 aliphatic rings. The third-order valence-electron chi connectivity index (χ3n) is 4.27. The average molecular weight is 264 g/mol. The van der Waals surface area contributed by atoms with Crippen molar-refractivity contribution in [3.8, 4) is 0 Å². The Bertz CT molecular complexity index is 385. The van der Waals surface area contributed by atoms with E-state index in [4.69, 9.17) is 0 Å². The molecule has 1 fully saturated rings. The summed E-state index contributed by atoms with van der Waals surface area (Å²) < 4.78 is 1.89. The molecule has 1 aromatic heterocycles. The average Bonchev–Trinajstić information content (AvgIpc) is 2.67. The molecule has 2 unspecified atom stereocenters. The van der Waals surface area contributed by atoms with Crippen LogP contribution in [0.15, 0.2) is 12.4 Å². The highest BCUT2D eigenvalue weighted by atomic mass is 15.2. The van der Waals surface area contributed by atoms with Gasteiger partial charge in [0.15, 0.2) is 0 Å². The number of nitrogens with one attached hydrogen (secondary N) is 1. The standard InChI is InChI=1S/C15H28N4/c1-12(2)15-11-19(13(3)5-7-16-15)8-6-14-9-17-18(4)10-14/h9-10,12-13,15-16H,5-8,11H2,1-4H3. The van der Waals surface area contributed by atoms with E-state index < -0.39 is 0 Å². The van der Waals surface area contributed by atoms with Crippen molar-refractivity contribution in [2.45, 2.75) is 45.7 Å². The van der Waals surface area contributed by atoms with Gasteiger partial charge in [0.2, 0.25) is 0 Å². The van der Waals surface area contributed by atoms with Crippen molar-refractivity contribution in [2.75, 3.05) is 19.6 Å². The molecule has 1 aliphatic heterocycles. The number of aryl methyl sites for hydroxylation is 1. The van der Waals surface area contributed by atoms with Crippen LogP contribution in [-0.4, -0.2) is 46.4 Å². The van der Waals surface area contributed by atoms with Crippen LogP contribution in [0.25, 0.3) is 0 Å². The quantitative estimate of drug-likeness (QED) is 0.898. The molecule has 0 radical (unpaired) electrons. The summed E-state index contributed by atoms with van der Waals surface area (Å²) in [6, 6.07) is 1.30. The maximum atomic E-state index is 4.25. The minimum absolute atomic E-state index is 0.624. The number of aromatic nitrogens is 2. The molecule has 1 saturated heterocycles. The fourth-order valence-electron chi connectivity index (χ4n) is 2.79. The van der Waals surface area contributed by atoms with Crippen LogP contribution in [0.3, 0.4) is 0 Å². The molecule has 2 heterocycles. The fraction of sp³-hybridized carbons (Fsp3) is 0.800. The lowest BCUT2D eigenvalue weighted by Crippen LogP contribution is -2.43. The maximum absolute atomic E-state index is 4.25. The predicted molar refractivity (Wildman–Crippen MR) is 79.2 cm³/mol. The molecule has 0 bridgehead atoms. The van der Waals surface area contributed by atoms with E-state index in [-0.39, 0.29) is 0 Å². The van der Waals surface area contributed by atoms with Gasteiger partial charge in [0, 0.05) is 38.4 Å². The van der Waals surface area contributed by atoms with Crippen LogP contribution in [0.4, 0.5) is 0 Å². The first-order valence-electron chi connectivity index (χ1n) is 7.51. The molecule has 2 rings (SSSR count). The molecule has 0 aromatic carbocycles. The van der Waals surface area contributed by atoms with Crippen molar-refractivity contribution in [2.24, 2.45) is 13.0 Å². The Morgan fingerprint density at radius 3 is 2.89 bits per heavy atom. The summed E-state index contributed by atoms with van der Waals surface area (Å²) in [5, 5.41) is 7.93. The van der Waals surface area contributed by atoms with Crippen LogP contribution in [0.2, 0.25) is 0 Å². The number of hydrogen-bond acceptors (Lipinski definition) is 3. The Morgan fingerprint density at radius 1 is 1.47 bits per heavy atom. The molecule has 2 atom stereocenters. The molecule has 4 heteroatoms. The highest BCUT2D eigenvalue weighted by Crippen LogP contribution is 2.14. The molecule has 19 heavy (non-hydrogen) atoms. The maximum Gasteiger partial charge on any atom is 0.0522 e. The second-order valence-electron chi connectivity index (χ2n) is 6.21. The van der Waals surface area contributed by atoms with Crippen molar-refractivity contribution in [1.29, 1.82) is 0 Å². The highest BCUT2D eigenvalue weighted by Gasteiger charge is 2.24. The molecule has 1 aromatic rings. The lowest BCUT2D eigenvalue weighted by molar-refractivity contribution is 0.194. The minimum atomic E-state index is 0.624. The molecule has 0 amide bonds. The second kappa shape index (κ2) is 6.53. The second-order valence-corrected chi connectivity index (χ2v) is 6.21. The molecular weight excluding hydrogens is 236 g/mol. The Balaban J connectivity index is 1.92. The van der Waals surface area contributed by atoms with E-state index in [0.717, 1.165) is 19.5 Å². The van der Waals surface area contributed by atoms with Gasteiger partial charge in [0.1, 0.15) is 0 Å². The zero-order valence-electron chi connectivity index (χ0n) is 12.8. The van der Waals surface area contributed by atoms with Gasteiger partial charge in [0.05, 0.1) is 6.20 Å². The minimum Gasteiger partial charge on any atom is -0.312 e. The summed E-state index contributed by atoms with van der Waals surface area (Å²) in [6.45, 7) is 10.4. The van der Waals surface area contributed by atoms with Gasteiger partial charge >= 0.3 is 0 Å². The van der Waals surface area contributed by atoms with E-state index in [0.29, 0.717) is 18.0 Å². The van der Waals surface area contributed by atoms with E-state index in [1.54, 1.807) is 0 Å². The van der Waals surface area contributed by atoms with Crippen molar-refractivity contribution >= 4 is 0 Å². The zero-order chi connectivity index (χ0) is 13.8. The van der Waals surface area contributed by atoms with Crippen molar-refractivity contribution < 1.29 is 0 Å². The van der Waals surface area contributed by atoms with Crippen LogP contribution in [0, 0.1) is 5.92 Å². The topological polar surface area (TPSA) is 33.1 Å². The number of hydrogen-bond donors (Lipinski definition) is 1. The first-order chi connectivity index (χ1) is 9.06. The first kappa shape index (κ1) is 14.5. The Labute approximate surface area is 117 Å². The van der Waals surface area contributed by atoms with Crippen LogP contribution < -0.4 is 5.32 Å². The van der Waals surface area contributed by atoms with Crippen LogP contribution in [0.1, 0.15) is 32.8 Å². The van der Waals surface area contributed by atoms with Crippen molar-refractivity contribution in [3.05, 3.63) is 18.0 Å². The SMILES string of the molecule is CC(C)C1CN(CCc2cnn(C)c2)C(C)CCN1. The summed E-state index contributed by atoms with van der Waals surface area (Å²) in [6.07, 6.45) is 6.46. The molecule has 108 valence electrons. The van der Waals surface area contributed by atoms with E-state index in [2.05, 4.69) is 42.3 Å². The van der Waals surface area contributed by atoms with Gasteiger partial charge in [-0.3, -0.25) is 9.58 Å². The zero-order valence-corrected chi connectivity index (χ0v) is 12.8. The van der Waals surface area contributed by atoms with Gasteiger partial charge in [-0.15, -0.1) is 0 Å². The number of rotatable bonds is 4. The van der Waals surface area contributed by atoms with E-state index >= 15 is 0 Å². The normalized spacial score (nSPS) is 25.7. The highest BCUT2D eigenvalue weighted by molar-refractivity contribution is 5.04. The summed E-state index contributed by atoms with van der Waals surface area (Å²) in [5.41, 5.74) is 1.34. The van der Waals surface area contributed by atoms with E-state index in [9.17, 15) is 0 Å². The third-order valence-corrected chi connectivity index (χ3v) is 4.27. The van der Waals surface area contributed by atoms with E-state index in [1.165, 1.54) is 18.5 Å². The third kappa shape index (κ3) is 4.05. The van der Waals surface area contributed by atoms with E-state index in [1.807, 2.05) is 17.9 Å². The Morgan fingerprint density at radius 2 is 2.26 bits per heavy atom. The first-order valence-corrected chi connectivity index (χ1v) is 7.51. The molecule has 0 spiro atoms. The van der Waals surface area contributed by atoms with Gasteiger partial charge in [0.25, 0.3) is 0 Å². The number of nitrogens with zero attached hydrogens (tertiary/aromatic N) is 3. The van der Waals surface area contributed by atoms with Crippen molar-refractivity contribution in [3.63, 3.8) is 0 Å². The smallest absolute Gasteiger partial charge is 0.0522 e. The largest absolute Gasteiger partial charge is 0.312 e. The molecule has 1 N–H and O–H groups in total. The van der Waals surface area contributed by atoms with Gasteiger partial charge in [-0.2, -0.15) is 5.10 Å². The molecule has 4 nitrogen and oxygen atoms in total. The lowest BCUT2D eigenvalue weighted by atomic mass is 10.0. The van der Waals surface area contributed by atoms with Gasteiger partial charge in [-0.1, -0.05) is 13.8 Å². The molecule has 0 saturated carbocycles. The lowest BCUT2D eigenvalue weighted by Gasteiger charge is -2.30. The molecular formula is C15H28N4. The van der Waals surface area contributed by atoms with Crippen LogP contribution >= 0.6 is 0 Å². The van der Waals surface area contributed by atoms with Gasteiger partial charge in [-0.05, 0) is 37.8 Å². The summed E-state index contributed by atoms with van der Waals surface area (Å²) >= 11 is 0. The van der Waals surface area contributed by atoms with Crippen LogP contribution in [-0.2, 0) is 13.5 Å². The van der Waals surface area contributed by atoms with Gasteiger partial charge < -0.3 is 5.32 Å². The molecule has 0 aliphatic carbocycles. The fourth-order valence-corrected chi connectivity index (χ4v) is 2.79. The summed E-state index contributed by atoms with van der Waals surface area (Å²) in [4.78, 5) is 2.64. The predicted octanol–water partition coefficient (Wildman–Crippen LogP) is 1.67. The monoisotopic (exact) mass is 264 g/mol. The summed E-state index contributed by atoms with van der Waals surface area (Å²) in [7, 11) is 1.98. The van der Waals surface area contributed by atoms with Crippen LogP contribution in [0.5, 0.6) is 0 Å². The van der Waals surface area contributed by atoms with Gasteiger partial charge in [-0.25, -0.2) is 0 Å².